The largest absolute Gasteiger partial charge is 0.338 e. The Morgan fingerprint density at radius 2 is 1.96 bits per heavy atom. The summed E-state index contributed by atoms with van der Waals surface area (Å²) in [6.07, 6.45) is 9.92. The number of carbonyl (C=O) groups excluding carboxylic acids is 1. The summed E-state index contributed by atoms with van der Waals surface area (Å²) in [6.45, 7) is 4.51. The predicted molar refractivity (Wildman–Crippen MR) is 103 cm³/mol. The molecule has 0 aromatic carbocycles. The summed E-state index contributed by atoms with van der Waals surface area (Å²) in [6, 6.07) is 3.72. The number of aryl methyl sites for hydroxylation is 1. The van der Waals surface area contributed by atoms with Crippen molar-refractivity contribution in [3.8, 4) is 10.8 Å². The summed E-state index contributed by atoms with van der Waals surface area (Å²) in [4.78, 5) is 28.9. The van der Waals surface area contributed by atoms with E-state index in [9.17, 15) is 4.79 Å². The second-order valence-corrected chi connectivity index (χ2v) is 7.68. The summed E-state index contributed by atoms with van der Waals surface area (Å²) in [5.74, 6) is 1.23. The first kappa shape index (κ1) is 17.8. The van der Waals surface area contributed by atoms with E-state index >= 15 is 0 Å². The van der Waals surface area contributed by atoms with Crippen LogP contribution in [-0.4, -0.2) is 48.6 Å². The van der Waals surface area contributed by atoms with Crippen molar-refractivity contribution in [2.45, 2.75) is 32.7 Å². The van der Waals surface area contributed by atoms with Crippen LogP contribution in [0.1, 0.15) is 35.1 Å². The van der Waals surface area contributed by atoms with Crippen molar-refractivity contribution in [3.63, 3.8) is 0 Å². The van der Waals surface area contributed by atoms with Crippen molar-refractivity contribution in [1.29, 1.82) is 0 Å². The van der Waals surface area contributed by atoms with E-state index in [4.69, 9.17) is 0 Å². The number of aromatic nitrogens is 5. The van der Waals surface area contributed by atoms with Gasteiger partial charge in [0.2, 0.25) is 0 Å². The van der Waals surface area contributed by atoms with Gasteiger partial charge in [-0.15, -0.1) is 11.3 Å². The van der Waals surface area contributed by atoms with Gasteiger partial charge in [0.1, 0.15) is 4.88 Å². The van der Waals surface area contributed by atoms with Crippen LogP contribution in [0.5, 0.6) is 0 Å². The average molecular weight is 382 g/mol. The predicted octanol–water partition coefficient (Wildman–Crippen LogP) is 2.91. The molecule has 1 saturated heterocycles. The molecule has 0 radical (unpaired) electrons. The van der Waals surface area contributed by atoms with Gasteiger partial charge in [0, 0.05) is 44.4 Å². The standard InChI is InChI=1S/C19H22N6OS/c1-2-15-16(27-18(23-15)17-20-7-3-8-21-17)19(26)24-11-5-14(6-12-24)13-25-10-4-9-22-25/h3-4,7-10,14H,2,5-6,11-13H2,1H3. The smallest absolute Gasteiger partial charge is 0.265 e. The van der Waals surface area contributed by atoms with Crippen LogP contribution in [0.4, 0.5) is 0 Å². The summed E-state index contributed by atoms with van der Waals surface area (Å²) in [7, 11) is 0. The highest BCUT2D eigenvalue weighted by molar-refractivity contribution is 7.17. The van der Waals surface area contributed by atoms with E-state index in [0.29, 0.717) is 16.7 Å². The molecule has 4 rings (SSSR count). The lowest BCUT2D eigenvalue weighted by Gasteiger charge is -2.31. The number of hydrogen-bond acceptors (Lipinski definition) is 6. The lowest BCUT2D eigenvalue weighted by molar-refractivity contribution is 0.0685. The lowest BCUT2D eigenvalue weighted by Crippen LogP contribution is -2.39. The fourth-order valence-electron chi connectivity index (χ4n) is 3.40. The van der Waals surface area contributed by atoms with Crippen molar-refractivity contribution in [2.24, 2.45) is 5.92 Å². The monoisotopic (exact) mass is 382 g/mol. The fourth-order valence-corrected chi connectivity index (χ4v) is 4.47. The molecule has 0 atom stereocenters. The summed E-state index contributed by atoms with van der Waals surface area (Å²) >= 11 is 1.40. The van der Waals surface area contributed by atoms with Crippen molar-refractivity contribution in [3.05, 3.63) is 47.5 Å². The summed E-state index contributed by atoms with van der Waals surface area (Å²) in [5.41, 5.74) is 0.839. The van der Waals surface area contributed by atoms with Crippen LogP contribution >= 0.6 is 11.3 Å². The first-order valence-electron chi connectivity index (χ1n) is 9.28. The fraction of sp³-hybridized carbons (Fsp3) is 0.421. The minimum Gasteiger partial charge on any atom is -0.338 e. The molecule has 8 heteroatoms. The lowest BCUT2D eigenvalue weighted by atomic mass is 9.96. The van der Waals surface area contributed by atoms with Gasteiger partial charge in [-0.1, -0.05) is 6.92 Å². The van der Waals surface area contributed by atoms with Gasteiger partial charge >= 0.3 is 0 Å². The van der Waals surface area contributed by atoms with E-state index in [1.165, 1.54) is 11.3 Å². The Morgan fingerprint density at radius 3 is 2.63 bits per heavy atom. The SMILES string of the molecule is CCc1nc(-c2ncccn2)sc1C(=O)N1CCC(Cn2cccn2)CC1. The van der Waals surface area contributed by atoms with Crippen LogP contribution in [0.2, 0.25) is 0 Å². The average Bonchev–Trinajstić information content (AvgIpc) is 3.38. The molecule has 1 fully saturated rings. The zero-order valence-electron chi connectivity index (χ0n) is 15.3. The van der Waals surface area contributed by atoms with E-state index < -0.39 is 0 Å². The van der Waals surface area contributed by atoms with E-state index in [1.807, 2.05) is 35.0 Å². The van der Waals surface area contributed by atoms with Crippen LogP contribution in [-0.2, 0) is 13.0 Å². The molecule has 0 N–H and O–H groups in total. The van der Waals surface area contributed by atoms with Gasteiger partial charge < -0.3 is 4.90 Å². The first-order valence-corrected chi connectivity index (χ1v) is 10.1. The number of amides is 1. The Morgan fingerprint density at radius 1 is 1.19 bits per heavy atom. The molecule has 0 bridgehead atoms. The Bertz CT molecular complexity index is 884. The zero-order valence-corrected chi connectivity index (χ0v) is 16.1. The molecule has 1 amide bonds. The van der Waals surface area contributed by atoms with E-state index in [-0.39, 0.29) is 5.91 Å². The second-order valence-electron chi connectivity index (χ2n) is 6.68. The Balaban J connectivity index is 1.44. The summed E-state index contributed by atoms with van der Waals surface area (Å²) in [5, 5.41) is 5.00. The first-order chi connectivity index (χ1) is 13.2. The third-order valence-electron chi connectivity index (χ3n) is 4.89. The summed E-state index contributed by atoms with van der Waals surface area (Å²) < 4.78 is 1.98. The van der Waals surface area contributed by atoms with E-state index in [1.54, 1.807) is 18.5 Å². The third kappa shape index (κ3) is 3.90. The van der Waals surface area contributed by atoms with Crippen LogP contribution in [0.3, 0.4) is 0 Å². The molecule has 7 nitrogen and oxygen atoms in total. The Labute approximate surface area is 162 Å². The van der Waals surface area contributed by atoms with Gasteiger partial charge in [-0.2, -0.15) is 5.10 Å². The van der Waals surface area contributed by atoms with E-state index in [2.05, 4.69) is 20.1 Å². The normalized spacial score (nSPS) is 15.2. The van der Waals surface area contributed by atoms with Gasteiger partial charge in [0.05, 0.1) is 5.69 Å². The van der Waals surface area contributed by atoms with Crippen molar-refractivity contribution < 1.29 is 4.79 Å². The van der Waals surface area contributed by atoms with Gasteiger partial charge in [-0.3, -0.25) is 9.48 Å². The Hall–Kier alpha value is -2.61. The Kier molecular flexibility index (Phi) is 5.24. The number of rotatable bonds is 5. The van der Waals surface area contributed by atoms with Crippen LogP contribution in [0.15, 0.2) is 36.9 Å². The molecule has 4 heterocycles. The molecule has 0 aliphatic carbocycles. The van der Waals surface area contributed by atoms with Crippen LogP contribution in [0, 0.1) is 5.92 Å². The second kappa shape index (κ2) is 7.96. The maximum absolute atomic E-state index is 13.1. The molecule has 1 aliphatic rings. The zero-order chi connectivity index (χ0) is 18.6. The minimum absolute atomic E-state index is 0.0871. The maximum atomic E-state index is 13.1. The molecule has 0 saturated carbocycles. The number of likely N-dealkylation sites (tertiary alicyclic amines) is 1. The number of nitrogens with zero attached hydrogens (tertiary/aromatic N) is 6. The number of piperidine rings is 1. The highest BCUT2D eigenvalue weighted by atomic mass is 32.1. The molecule has 3 aromatic rings. The molecule has 1 aliphatic heterocycles. The topological polar surface area (TPSA) is 76.8 Å². The quantitative estimate of drug-likeness (QED) is 0.678. The van der Waals surface area contributed by atoms with Crippen LogP contribution < -0.4 is 0 Å². The molecule has 0 spiro atoms. The van der Waals surface area contributed by atoms with Crippen LogP contribution in [0.25, 0.3) is 10.8 Å². The minimum atomic E-state index is 0.0871. The van der Waals surface area contributed by atoms with Crippen molar-refractivity contribution in [1.82, 2.24) is 29.6 Å². The number of hydrogen-bond donors (Lipinski definition) is 0. The van der Waals surface area contributed by atoms with Crippen molar-refractivity contribution >= 4 is 17.2 Å². The van der Waals surface area contributed by atoms with E-state index in [0.717, 1.165) is 49.5 Å². The molecular formula is C19H22N6OS. The van der Waals surface area contributed by atoms with Gasteiger partial charge in [-0.05, 0) is 37.3 Å². The number of thiazole rings is 1. The van der Waals surface area contributed by atoms with Gasteiger partial charge in [-0.25, -0.2) is 15.0 Å². The van der Waals surface area contributed by atoms with Gasteiger partial charge in [0.15, 0.2) is 10.8 Å². The van der Waals surface area contributed by atoms with Crippen molar-refractivity contribution in [2.75, 3.05) is 13.1 Å². The molecule has 3 aromatic heterocycles. The van der Waals surface area contributed by atoms with Gasteiger partial charge in [0.25, 0.3) is 5.91 Å². The molecule has 0 unspecified atom stereocenters. The highest BCUT2D eigenvalue weighted by Gasteiger charge is 2.27. The highest BCUT2D eigenvalue weighted by Crippen LogP contribution is 2.29. The molecule has 140 valence electrons. The number of carbonyl (C=O) groups is 1. The maximum Gasteiger partial charge on any atom is 0.265 e. The molecular weight excluding hydrogens is 360 g/mol. The third-order valence-corrected chi connectivity index (χ3v) is 5.97. The molecule has 27 heavy (non-hydrogen) atoms.